The monoisotopic (exact) mass is 240 g/mol. The summed E-state index contributed by atoms with van der Waals surface area (Å²) in [4.78, 5) is 11.6. The molecule has 1 amide bonds. The van der Waals surface area contributed by atoms with E-state index < -0.39 is 16.1 Å². The van der Waals surface area contributed by atoms with Crippen molar-refractivity contribution in [1.29, 1.82) is 0 Å². The van der Waals surface area contributed by atoms with Gasteiger partial charge in [0.2, 0.25) is 0 Å². The number of fused-ring (bicyclic) bond motifs is 1. The second kappa shape index (κ2) is 3.48. The molecule has 16 heavy (non-hydrogen) atoms. The molecule has 0 spiro atoms. The molecule has 0 aromatic heterocycles. The second-order valence-electron chi connectivity index (χ2n) is 3.84. The van der Waals surface area contributed by atoms with Gasteiger partial charge in [0, 0.05) is 6.04 Å². The number of nitrogens with zero attached hydrogens (tertiary/aromatic N) is 1. The molecule has 1 heterocycles. The summed E-state index contributed by atoms with van der Waals surface area (Å²) in [5.41, 5.74) is 0.812. The van der Waals surface area contributed by atoms with E-state index in [1.807, 2.05) is 4.72 Å². The Hall–Kier alpha value is -1.56. The summed E-state index contributed by atoms with van der Waals surface area (Å²) in [6.07, 6.45) is 0. The lowest BCUT2D eigenvalue weighted by Crippen LogP contribution is -2.51. The van der Waals surface area contributed by atoms with Gasteiger partial charge in [0.25, 0.3) is 5.91 Å². The van der Waals surface area contributed by atoms with Gasteiger partial charge in [0.15, 0.2) is 0 Å². The largest absolute Gasteiger partial charge is 0.326 e. The van der Waals surface area contributed by atoms with E-state index in [4.69, 9.17) is 0 Å². The molecule has 6 heteroatoms. The maximum atomic E-state index is 11.8. The van der Waals surface area contributed by atoms with Crippen molar-refractivity contribution in [2.75, 3.05) is 4.31 Å². The Bertz CT molecular complexity index is 537. The van der Waals surface area contributed by atoms with Gasteiger partial charge in [-0.2, -0.15) is 8.42 Å². The van der Waals surface area contributed by atoms with Gasteiger partial charge in [-0.3, -0.25) is 9.10 Å². The summed E-state index contributed by atoms with van der Waals surface area (Å²) in [7, 11) is -3.75. The van der Waals surface area contributed by atoms with Gasteiger partial charge in [-0.15, -0.1) is 0 Å². The zero-order chi connectivity index (χ0) is 11.9. The molecule has 0 bridgehead atoms. The molecule has 0 atom stereocenters. The Morgan fingerprint density at radius 2 is 1.88 bits per heavy atom. The average molecular weight is 240 g/mol. The Morgan fingerprint density at radius 3 is 2.50 bits per heavy atom. The predicted octanol–water partition coefficient (Wildman–Crippen LogP) is 0.890. The highest BCUT2D eigenvalue weighted by Gasteiger charge is 2.35. The molecule has 0 unspecified atom stereocenters. The van der Waals surface area contributed by atoms with Crippen molar-refractivity contribution in [2.24, 2.45) is 0 Å². The van der Waals surface area contributed by atoms with E-state index in [0.29, 0.717) is 11.3 Å². The fourth-order valence-corrected chi connectivity index (χ4v) is 3.18. The Labute approximate surface area is 94.3 Å². The number of hydrogen-bond acceptors (Lipinski definition) is 3. The number of anilines is 1. The molecule has 86 valence electrons. The first-order valence-electron chi connectivity index (χ1n) is 4.89. The first kappa shape index (κ1) is 10.9. The minimum Gasteiger partial charge on any atom is -0.268 e. The third kappa shape index (κ3) is 1.55. The summed E-state index contributed by atoms with van der Waals surface area (Å²) in [5, 5.41) is 0. The summed E-state index contributed by atoms with van der Waals surface area (Å²) in [5.74, 6) is -0.576. The topological polar surface area (TPSA) is 66.5 Å². The quantitative estimate of drug-likeness (QED) is 0.792. The molecule has 1 aromatic rings. The Kier molecular flexibility index (Phi) is 2.38. The van der Waals surface area contributed by atoms with Crippen LogP contribution >= 0.6 is 0 Å². The van der Waals surface area contributed by atoms with Crippen molar-refractivity contribution >= 4 is 21.8 Å². The van der Waals surface area contributed by atoms with Crippen molar-refractivity contribution in [2.45, 2.75) is 19.9 Å². The van der Waals surface area contributed by atoms with E-state index >= 15 is 0 Å². The molecular formula is C10H12N2O3S. The fourth-order valence-electron chi connectivity index (χ4n) is 1.76. The highest BCUT2D eigenvalue weighted by molar-refractivity contribution is 7.91. The fraction of sp³-hybridized carbons (Fsp3) is 0.300. The molecule has 2 rings (SSSR count). The number of nitrogens with one attached hydrogen (secondary N) is 1. The van der Waals surface area contributed by atoms with Crippen LogP contribution < -0.4 is 9.03 Å². The van der Waals surface area contributed by atoms with Crippen molar-refractivity contribution in [3.8, 4) is 0 Å². The molecule has 0 radical (unpaired) electrons. The number of carbonyl (C=O) groups excluding carboxylic acids is 1. The van der Waals surface area contributed by atoms with E-state index in [9.17, 15) is 13.2 Å². The SMILES string of the molecule is CC(C)N1c2ccccc2C(=O)NS1(=O)=O. The Balaban J connectivity index is 2.68. The molecule has 0 fully saturated rings. The van der Waals surface area contributed by atoms with Crippen LogP contribution in [0.15, 0.2) is 24.3 Å². The molecule has 1 aliphatic heterocycles. The number of hydrogen-bond donors (Lipinski definition) is 1. The number of amides is 1. The molecular weight excluding hydrogens is 228 g/mol. The van der Waals surface area contributed by atoms with Crippen molar-refractivity contribution < 1.29 is 13.2 Å². The summed E-state index contributed by atoms with van der Waals surface area (Å²) in [6, 6.07) is 6.41. The van der Waals surface area contributed by atoms with Crippen LogP contribution in [-0.2, 0) is 10.2 Å². The van der Waals surface area contributed by atoms with Crippen LogP contribution in [0.1, 0.15) is 24.2 Å². The lowest BCUT2D eigenvalue weighted by atomic mass is 10.1. The first-order chi connectivity index (χ1) is 7.43. The molecule has 5 nitrogen and oxygen atoms in total. The molecule has 0 saturated heterocycles. The normalized spacial score (nSPS) is 18.2. The highest BCUT2D eigenvalue weighted by Crippen LogP contribution is 2.28. The number of benzene rings is 1. The molecule has 0 saturated carbocycles. The molecule has 1 aromatic carbocycles. The number of rotatable bonds is 1. The van der Waals surface area contributed by atoms with E-state index in [2.05, 4.69) is 0 Å². The summed E-state index contributed by atoms with van der Waals surface area (Å²) in [6.45, 7) is 3.51. The van der Waals surface area contributed by atoms with Crippen molar-refractivity contribution in [1.82, 2.24) is 4.72 Å². The summed E-state index contributed by atoms with van der Waals surface area (Å²) >= 11 is 0. The molecule has 1 aliphatic rings. The van der Waals surface area contributed by atoms with E-state index in [1.165, 1.54) is 4.31 Å². The van der Waals surface area contributed by atoms with E-state index in [-0.39, 0.29) is 6.04 Å². The van der Waals surface area contributed by atoms with Crippen LogP contribution in [0.2, 0.25) is 0 Å². The predicted molar refractivity (Wildman–Crippen MR) is 60.4 cm³/mol. The maximum absolute atomic E-state index is 11.8. The van der Waals surface area contributed by atoms with Gasteiger partial charge in [0.05, 0.1) is 11.3 Å². The van der Waals surface area contributed by atoms with Crippen LogP contribution in [0.4, 0.5) is 5.69 Å². The lowest BCUT2D eigenvalue weighted by molar-refractivity contribution is 0.0979. The van der Waals surface area contributed by atoms with Gasteiger partial charge in [-0.25, -0.2) is 4.72 Å². The van der Waals surface area contributed by atoms with Gasteiger partial charge < -0.3 is 0 Å². The zero-order valence-corrected chi connectivity index (χ0v) is 9.78. The molecule has 1 N–H and O–H groups in total. The first-order valence-corrected chi connectivity index (χ1v) is 6.33. The van der Waals surface area contributed by atoms with Crippen molar-refractivity contribution in [3.63, 3.8) is 0 Å². The zero-order valence-electron chi connectivity index (χ0n) is 8.97. The number of para-hydroxylation sites is 1. The van der Waals surface area contributed by atoms with Crippen LogP contribution in [0.3, 0.4) is 0 Å². The smallest absolute Gasteiger partial charge is 0.268 e. The number of carbonyl (C=O) groups is 1. The average Bonchev–Trinajstić information content (AvgIpc) is 2.15. The summed E-state index contributed by atoms with van der Waals surface area (Å²) < 4.78 is 26.8. The highest BCUT2D eigenvalue weighted by atomic mass is 32.2. The minimum atomic E-state index is -3.75. The van der Waals surface area contributed by atoms with Crippen LogP contribution in [0.5, 0.6) is 0 Å². The minimum absolute atomic E-state index is 0.244. The Morgan fingerprint density at radius 1 is 1.25 bits per heavy atom. The maximum Gasteiger partial charge on any atom is 0.326 e. The van der Waals surface area contributed by atoms with Gasteiger partial charge in [-0.1, -0.05) is 12.1 Å². The van der Waals surface area contributed by atoms with Gasteiger partial charge >= 0.3 is 10.2 Å². The van der Waals surface area contributed by atoms with Crippen LogP contribution in [-0.4, -0.2) is 20.4 Å². The third-order valence-corrected chi connectivity index (χ3v) is 3.92. The van der Waals surface area contributed by atoms with Crippen LogP contribution in [0.25, 0.3) is 0 Å². The van der Waals surface area contributed by atoms with Crippen LogP contribution in [0, 0.1) is 0 Å². The van der Waals surface area contributed by atoms with E-state index in [0.717, 1.165) is 0 Å². The van der Waals surface area contributed by atoms with Crippen molar-refractivity contribution in [3.05, 3.63) is 29.8 Å². The standard InChI is InChI=1S/C10H12N2O3S/c1-7(2)12-9-6-4-3-5-8(9)10(13)11-16(12,14)15/h3-7H,1-2H3,(H,11,13). The van der Waals surface area contributed by atoms with Gasteiger partial charge in [-0.05, 0) is 26.0 Å². The molecule has 0 aliphatic carbocycles. The van der Waals surface area contributed by atoms with E-state index in [1.54, 1.807) is 38.1 Å². The third-order valence-electron chi connectivity index (χ3n) is 2.34. The van der Waals surface area contributed by atoms with Gasteiger partial charge in [0.1, 0.15) is 0 Å². The lowest BCUT2D eigenvalue weighted by Gasteiger charge is -2.32. The second-order valence-corrected chi connectivity index (χ2v) is 5.39.